The number of nitrogens with one attached hydrogen (secondary N) is 1. The molecule has 3 nitrogen and oxygen atoms in total. The summed E-state index contributed by atoms with van der Waals surface area (Å²) in [5, 5.41) is 15.7. The van der Waals surface area contributed by atoms with E-state index in [1.54, 1.807) is 11.3 Å². The minimum Gasteiger partial charge on any atom is -0.465 e. The molecule has 0 aliphatic heterocycles. The summed E-state index contributed by atoms with van der Waals surface area (Å²) in [6.07, 6.45) is 0. The average Bonchev–Trinajstić information content (AvgIpc) is 2.96. The maximum Gasteiger partial charge on any atom is 0.120 e. The van der Waals surface area contributed by atoms with Crippen LogP contribution in [0.25, 0.3) is 0 Å². The molecule has 0 aromatic carbocycles. The lowest BCUT2D eigenvalue weighted by molar-refractivity contribution is 0.0573. The molecular formula is C14H19NO2S. The van der Waals surface area contributed by atoms with Gasteiger partial charge in [-0.05, 0) is 44.4 Å². The Kier molecular flexibility index (Phi) is 3.90. The largest absolute Gasteiger partial charge is 0.465 e. The summed E-state index contributed by atoms with van der Waals surface area (Å²) in [6, 6.07) is 7.91. The van der Waals surface area contributed by atoms with E-state index < -0.39 is 5.60 Å². The van der Waals surface area contributed by atoms with Gasteiger partial charge in [-0.3, -0.25) is 0 Å². The minimum absolute atomic E-state index is 0.0881. The predicted molar refractivity (Wildman–Crippen MR) is 73.8 cm³/mol. The Labute approximate surface area is 111 Å². The first-order valence-corrected chi connectivity index (χ1v) is 6.93. The zero-order chi connectivity index (χ0) is 13.2. The molecule has 0 fully saturated rings. The van der Waals surface area contributed by atoms with E-state index in [0.29, 0.717) is 6.54 Å². The zero-order valence-corrected chi connectivity index (χ0v) is 11.8. The first-order valence-electron chi connectivity index (χ1n) is 6.05. The van der Waals surface area contributed by atoms with Crippen LogP contribution in [0.1, 0.15) is 36.3 Å². The van der Waals surface area contributed by atoms with Gasteiger partial charge in [-0.15, -0.1) is 11.3 Å². The van der Waals surface area contributed by atoms with Crippen molar-refractivity contribution in [2.45, 2.75) is 32.4 Å². The van der Waals surface area contributed by atoms with Crippen LogP contribution in [0.4, 0.5) is 0 Å². The van der Waals surface area contributed by atoms with Crippen molar-refractivity contribution in [3.63, 3.8) is 0 Å². The Hall–Kier alpha value is -1.10. The van der Waals surface area contributed by atoms with Crippen LogP contribution in [0.3, 0.4) is 0 Å². The molecule has 0 radical (unpaired) electrons. The van der Waals surface area contributed by atoms with Crippen LogP contribution in [0.2, 0.25) is 0 Å². The van der Waals surface area contributed by atoms with E-state index in [1.165, 1.54) is 0 Å². The Morgan fingerprint density at radius 2 is 2.22 bits per heavy atom. The zero-order valence-electron chi connectivity index (χ0n) is 10.9. The molecule has 0 bridgehead atoms. The molecule has 0 amide bonds. The Bertz CT molecular complexity index is 488. The van der Waals surface area contributed by atoms with Crippen LogP contribution in [0.5, 0.6) is 0 Å². The van der Waals surface area contributed by atoms with E-state index >= 15 is 0 Å². The molecule has 2 unspecified atom stereocenters. The normalized spacial score (nSPS) is 16.4. The lowest BCUT2D eigenvalue weighted by Crippen LogP contribution is -2.35. The highest BCUT2D eigenvalue weighted by Gasteiger charge is 2.25. The average molecular weight is 265 g/mol. The van der Waals surface area contributed by atoms with E-state index in [2.05, 4.69) is 5.32 Å². The van der Waals surface area contributed by atoms with Gasteiger partial charge in [0.05, 0.1) is 6.04 Å². The predicted octanol–water partition coefficient (Wildman–Crippen LogP) is 3.21. The number of hydrogen-bond acceptors (Lipinski definition) is 4. The maximum atomic E-state index is 10.4. The Balaban J connectivity index is 1.95. The molecule has 2 aromatic heterocycles. The molecule has 0 spiro atoms. The van der Waals surface area contributed by atoms with Gasteiger partial charge in [0.2, 0.25) is 0 Å². The van der Waals surface area contributed by atoms with Crippen molar-refractivity contribution in [1.29, 1.82) is 0 Å². The van der Waals surface area contributed by atoms with E-state index in [-0.39, 0.29) is 6.04 Å². The number of furan rings is 1. The van der Waals surface area contributed by atoms with Crippen molar-refractivity contribution in [2.24, 2.45) is 0 Å². The van der Waals surface area contributed by atoms with Gasteiger partial charge in [0.15, 0.2) is 0 Å². The van der Waals surface area contributed by atoms with Gasteiger partial charge < -0.3 is 14.8 Å². The highest BCUT2D eigenvalue weighted by atomic mass is 32.1. The molecule has 98 valence electrons. The first kappa shape index (κ1) is 13.3. The van der Waals surface area contributed by atoms with Crippen molar-refractivity contribution >= 4 is 11.3 Å². The van der Waals surface area contributed by atoms with E-state index in [9.17, 15) is 5.11 Å². The fourth-order valence-electron chi connectivity index (χ4n) is 1.81. The molecule has 0 saturated heterocycles. The fourth-order valence-corrected chi connectivity index (χ4v) is 2.60. The van der Waals surface area contributed by atoms with Crippen LogP contribution < -0.4 is 5.32 Å². The van der Waals surface area contributed by atoms with E-state index in [1.807, 2.05) is 50.4 Å². The van der Waals surface area contributed by atoms with Crippen molar-refractivity contribution in [3.05, 3.63) is 46.0 Å². The summed E-state index contributed by atoms with van der Waals surface area (Å²) >= 11 is 1.57. The number of thiophene rings is 1. The smallest absolute Gasteiger partial charge is 0.120 e. The Morgan fingerprint density at radius 3 is 2.78 bits per heavy atom. The molecular weight excluding hydrogens is 246 g/mol. The molecule has 2 rings (SSSR count). The second-order valence-electron chi connectivity index (χ2n) is 4.80. The SMILES string of the molecule is Cc1ccc(C(C)NCC(C)(O)c2cccs2)o1. The summed E-state index contributed by atoms with van der Waals surface area (Å²) in [6.45, 7) is 6.28. The third kappa shape index (κ3) is 3.02. The minimum atomic E-state index is -0.843. The molecule has 4 heteroatoms. The first-order chi connectivity index (χ1) is 8.49. The summed E-state index contributed by atoms with van der Waals surface area (Å²) < 4.78 is 5.56. The number of aliphatic hydroxyl groups is 1. The van der Waals surface area contributed by atoms with Crippen molar-refractivity contribution < 1.29 is 9.52 Å². The quantitative estimate of drug-likeness (QED) is 0.872. The van der Waals surface area contributed by atoms with Crippen LogP contribution >= 0.6 is 11.3 Å². The number of aryl methyl sites for hydroxylation is 1. The summed E-state index contributed by atoms with van der Waals surface area (Å²) in [5.41, 5.74) is -0.843. The maximum absolute atomic E-state index is 10.4. The van der Waals surface area contributed by atoms with Crippen LogP contribution in [-0.4, -0.2) is 11.7 Å². The van der Waals surface area contributed by atoms with Crippen LogP contribution in [0.15, 0.2) is 34.1 Å². The summed E-state index contributed by atoms with van der Waals surface area (Å²) in [5.74, 6) is 1.80. The molecule has 18 heavy (non-hydrogen) atoms. The monoisotopic (exact) mass is 265 g/mol. The molecule has 0 aliphatic rings. The van der Waals surface area contributed by atoms with Crippen molar-refractivity contribution in [2.75, 3.05) is 6.54 Å². The third-order valence-corrected chi connectivity index (χ3v) is 4.12. The second-order valence-corrected chi connectivity index (χ2v) is 5.75. The standard InChI is InChI=1S/C14H19NO2S/c1-10-6-7-12(17-10)11(2)15-9-14(3,16)13-5-4-8-18-13/h4-8,11,15-16H,9H2,1-3H3. The van der Waals surface area contributed by atoms with E-state index in [0.717, 1.165) is 16.4 Å². The van der Waals surface area contributed by atoms with Gasteiger partial charge in [-0.25, -0.2) is 0 Å². The Morgan fingerprint density at radius 1 is 1.44 bits per heavy atom. The number of hydrogen-bond donors (Lipinski definition) is 2. The lowest BCUT2D eigenvalue weighted by Gasteiger charge is -2.24. The highest BCUT2D eigenvalue weighted by Crippen LogP contribution is 2.25. The van der Waals surface area contributed by atoms with Gasteiger partial charge in [0.1, 0.15) is 17.1 Å². The molecule has 2 atom stereocenters. The van der Waals surface area contributed by atoms with Gasteiger partial charge in [0, 0.05) is 11.4 Å². The van der Waals surface area contributed by atoms with Gasteiger partial charge >= 0.3 is 0 Å². The van der Waals surface area contributed by atoms with Crippen LogP contribution in [-0.2, 0) is 5.60 Å². The number of rotatable bonds is 5. The third-order valence-electron chi connectivity index (χ3n) is 2.99. The second kappa shape index (κ2) is 5.26. The van der Waals surface area contributed by atoms with Crippen LogP contribution in [0, 0.1) is 6.92 Å². The molecule has 2 heterocycles. The van der Waals surface area contributed by atoms with E-state index in [4.69, 9.17) is 4.42 Å². The van der Waals surface area contributed by atoms with Crippen molar-refractivity contribution in [3.8, 4) is 0 Å². The summed E-state index contributed by atoms with van der Waals surface area (Å²) in [7, 11) is 0. The molecule has 2 aromatic rings. The molecule has 0 saturated carbocycles. The fraction of sp³-hybridized carbons (Fsp3) is 0.429. The van der Waals surface area contributed by atoms with Crippen molar-refractivity contribution in [1.82, 2.24) is 5.32 Å². The van der Waals surface area contributed by atoms with Gasteiger partial charge in [-0.2, -0.15) is 0 Å². The molecule has 0 aliphatic carbocycles. The van der Waals surface area contributed by atoms with Gasteiger partial charge in [-0.1, -0.05) is 6.07 Å². The lowest BCUT2D eigenvalue weighted by atomic mass is 10.0. The summed E-state index contributed by atoms with van der Waals surface area (Å²) in [4.78, 5) is 0.970. The topological polar surface area (TPSA) is 45.4 Å². The highest BCUT2D eigenvalue weighted by molar-refractivity contribution is 7.10. The van der Waals surface area contributed by atoms with Gasteiger partial charge in [0.25, 0.3) is 0 Å². The molecule has 2 N–H and O–H groups in total.